The molecule has 0 aliphatic carbocycles. The number of hydrogen-bond acceptors (Lipinski definition) is 15. The van der Waals surface area contributed by atoms with Gasteiger partial charge in [-0.3, -0.25) is 37.3 Å². The molecule has 0 amide bonds. The highest BCUT2D eigenvalue weighted by Gasteiger charge is 2.30. The Morgan fingerprint density at radius 3 is 0.716 bits per heavy atom. The molecule has 0 rings (SSSR count). The van der Waals surface area contributed by atoms with Gasteiger partial charge in [0.2, 0.25) is 0 Å². The number of rotatable bonds is 74. The molecular weight excluding hydrogens is 1250 g/mol. The van der Waals surface area contributed by atoms with Crippen molar-refractivity contribution >= 4 is 39.5 Å². The largest absolute Gasteiger partial charge is 0.472 e. The van der Waals surface area contributed by atoms with Gasteiger partial charge in [0.1, 0.15) is 19.3 Å². The van der Waals surface area contributed by atoms with Crippen LogP contribution in [-0.4, -0.2) is 96.7 Å². The smallest absolute Gasteiger partial charge is 0.462 e. The van der Waals surface area contributed by atoms with E-state index in [4.69, 9.17) is 37.0 Å². The Hall–Kier alpha value is -1.94. The molecule has 17 nitrogen and oxygen atoms in total. The van der Waals surface area contributed by atoms with Gasteiger partial charge in [-0.15, -0.1) is 0 Å². The van der Waals surface area contributed by atoms with Crippen LogP contribution in [0.4, 0.5) is 0 Å². The van der Waals surface area contributed by atoms with E-state index in [-0.39, 0.29) is 25.7 Å². The molecule has 0 aromatic carbocycles. The lowest BCUT2D eigenvalue weighted by atomic mass is 10.0. The predicted octanol–water partition coefficient (Wildman–Crippen LogP) is 22.2. The van der Waals surface area contributed by atoms with E-state index in [1.165, 1.54) is 193 Å². The standard InChI is InChI=1S/C76H148O17P2/c1-8-9-10-11-12-36-43-50-57-73(78)86-63-71(92-76(81)60-53-46-39-32-26-20-23-29-35-42-49-56-69(6)7)65-90-94(82,83)88-61-70(77)62-89-95(84,85)91-66-72(64-87-74(79)58-51-44-37-30-24-19-15-17-22-28-34-41-48-55-68(4)5)93-75(80)59-52-45-38-31-25-18-14-13-16-21-27-33-40-47-54-67(2)3/h67-72,77H,8-66H2,1-7H3,(H,82,83)(H,84,85)/t70-,71+,72+/m0/s1. The first-order valence-electron chi connectivity index (χ1n) is 39.3. The van der Waals surface area contributed by atoms with Crippen molar-refractivity contribution in [2.75, 3.05) is 39.6 Å². The molecule has 0 bridgehead atoms. The van der Waals surface area contributed by atoms with Crippen LogP contribution in [-0.2, 0) is 65.4 Å². The summed E-state index contributed by atoms with van der Waals surface area (Å²) < 4.78 is 68.5. The number of unbranched alkanes of at least 4 members (excludes halogenated alkanes) is 42. The van der Waals surface area contributed by atoms with Crippen LogP contribution in [0.25, 0.3) is 0 Å². The number of carbonyl (C=O) groups is 4. The maximum atomic E-state index is 13.1. The third kappa shape index (κ3) is 70.3. The van der Waals surface area contributed by atoms with Gasteiger partial charge in [-0.05, 0) is 43.4 Å². The van der Waals surface area contributed by atoms with Crippen LogP contribution < -0.4 is 0 Å². The number of phosphoric ester groups is 2. The van der Waals surface area contributed by atoms with Crippen LogP contribution in [0.2, 0.25) is 0 Å². The molecule has 0 spiro atoms. The molecule has 0 aliphatic heterocycles. The Labute approximate surface area is 581 Å². The van der Waals surface area contributed by atoms with Crippen molar-refractivity contribution in [3.63, 3.8) is 0 Å². The fourth-order valence-electron chi connectivity index (χ4n) is 11.6. The second kappa shape index (κ2) is 66.6. The van der Waals surface area contributed by atoms with Crippen molar-refractivity contribution in [3.8, 4) is 0 Å². The molecule has 19 heteroatoms. The van der Waals surface area contributed by atoms with Crippen LogP contribution in [0.5, 0.6) is 0 Å². The molecule has 2 unspecified atom stereocenters. The summed E-state index contributed by atoms with van der Waals surface area (Å²) in [5.41, 5.74) is 0. The lowest BCUT2D eigenvalue weighted by Crippen LogP contribution is -2.30. The van der Waals surface area contributed by atoms with Crippen LogP contribution in [0.15, 0.2) is 0 Å². The SMILES string of the molecule is CCCCCCCCCCC(=O)OC[C@H](COP(=O)(O)OC[C@H](O)COP(=O)(O)OC[C@@H](COC(=O)CCCCCCCCCCCCCCCC(C)C)OC(=O)CCCCCCCCCCCCCCCCC(C)C)OC(=O)CCCCCCCCCCCCCC(C)C. The molecule has 564 valence electrons. The zero-order valence-electron chi connectivity index (χ0n) is 62.1. The number of esters is 4. The summed E-state index contributed by atoms with van der Waals surface area (Å²) in [6.45, 7) is 11.9. The number of carbonyl (C=O) groups excluding carboxylic acids is 4. The number of aliphatic hydroxyl groups excluding tert-OH is 1. The normalized spacial score (nSPS) is 14.1. The van der Waals surface area contributed by atoms with Gasteiger partial charge in [0, 0.05) is 25.7 Å². The lowest BCUT2D eigenvalue weighted by Gasteiger charge is -2.21. The third-order valence-corrected chi connectivity index (χ3v) is 19.5. The van der Waals surface area contributed by atoms with Gasteiger partial charge in [0.05, 0.1) is 26.4 Å². The Bertz CT molecular complexity index is 1850. The Morgan fingerprint density at radius 1 is 0.284 bits per heavy atom. The Balaban J connectivity index is 5.22. The number of hydrogen-bond donors (Lipinski definition) is 3. The van der Waals surface area contributed by atoms with Crippen molar-refractivity contribution in [2.45, 2.75) is 407 Å². The molecule has 0 fully saturated rings. The van der Waals surface area contributed by atoms with Crippen LogP contribution in [0, 0.1) is 17.8 Å². The summed E-state index contributed by atoms with van der Waals surface area (Å²) in [4.78, 5) is 72.7. The maximum Gasteiger partial charge on any atom is 0.472 e. The lowest BCUT2D eigenvalue weighted by molar-refractivity contribution is -0.161. The maximum absolute atomic E-state index is 13.1. The van der Waals surface area contributed by atoms with E-state index in [2.05, 4.69) is 48.5 Å². The summed E-state index contributed by atoms with van der Waals surface area (Å²) in [6.07, 6.45) is 52.7. The highest BCUT2D eigenvalue weighted by atomic mass is 31.2. The van der Waals surface area contributed by atoms with Crippen LogP contribution >= 0.6 is 15.6 Å². The van der Waals surface area contributed by atoms with E-state index in [1.54, 1.807) is 0 Å². The molecular formula is C76H148O17P2. The average Bonchev–Trinajstić information content (AvgIpc) is 1.24. The molecule has 0 saturated heterocycles. The van der Waals surface area contributed by atoms with Crippen molar-refractivity contribution < 1.29 is 80.2 Å². The van der Waals surface area contributed by atoms with Gasteiger partial charge in [0.15, 0.2) is 12.2 Å². The van der Waals surface area contributed by atoms with E-state index in [1.807, 2.05) is 0 Å². The minimum atomic E-state index is -4.96. The minimum Gasteiger partial charge on any atom is -0.462 e. The fraction of sp³-hybridized carbons (Fsp3) is 0.947. The van der Waals surface area contributed by atoms with Gasteiger partial charge in [0.25, 0.3) is 0 Å². The highest BCUT2D eigenvalue weighted by molar-refractivity contribution is 7.47. The molecule has 0 aromatic heterocycles. The first kappa shape index (κ1) is 93.1. The molecule has 0 heterocycles. The van der Waals surface area contributed by atoms with E-state index >= 15 is 0 Å². The first-order valence-corrected chi connectivity index (χ1v) is 42.3. The molecule has 0 radical (unpaired) electrons. The van der Waals surface area contributed by atoms with Gasteiger partial charge < -0.3 is 33.8 Å². The molecule has 0 aromatic rings. The fourth-order valence-corrected chi connectivity index (χ4v) is 13.2. The van der Waals surface area contributed by atoms with Gasteiger partial charge in [-0.2, -0.15) is 0 Å². The summed E-state index contributed by atoms with van der Waals surface area (Å²) in [5.74, 6) is 0.233. The summed E-state index contributed by atoms with van der Waals surface area (Å²) in [7, 11) is -9.91. The monoisotopic (exact) mass is 1400 g/mol. The minimum absolute atomic E-state index is 0.106. The van der Waals surface area contributed by atoms with E-state index in [0.29, 0.717) is 25.7 Å². The zero-order valence-corrected chi connectivity index (χ0v) is 63.9. The quantitative estimate of drug-likeness (QED) is 0.0222. The van der Waals surface area contributed by atoms with E-state index in [9.17, 15) is 43.2 Å². The Kier molecular flexibility index (Phi) is 65.2. The van der Waals surface area contributed by atoms with Crippen molar-refractivity contribution in [1.29, 1.82) is 0 Å². The van der Waals surface area contributed by atoms with Crippen molar-refractivity contribution in [3.05, 3.63) is 0 Å². The summed E-state index contributed by atoms with van der Waals surface area (Å²) in [5, 5.41) is 10.6. The molecule has 3 N–H and O–H groups in total. The third-order valence-electron chi connectivity index (χ3n) is 17.6. The van der Waals surface area contributed by atoms with Gasteiger partial charge in [-0.1, -0.05) is 337 Å². The van der Waals surface area contributed by atoms with Crippen LogP contribution in [0.1, 0.15) is 389 Å². The number of ether oxygens (including phenoxy) is 4. The van der Waals surface area contributed by atoms with Crippen molar-refractivity contribution in [2.24, 2.45) is 17.8 Å². The highest BCUT2D eigenvalue weighted by Crippen LogP contribution is 2.45. The average molecular weight is 1400 g/mol. The van der Waals surface area contributed by atoms with Crippen LogP contribution in [0.3, 0.4) is 0 Å². The summed E-state index contributed by atoms with van der Waals surface area (Å²) >= 11 is 0. The molecule has 0 aliphatic rings. The molecule has 95 heavy (non-hydrogen) atoms. The van der Waals surface area contributed by atoms with E-state index in [0.717, 1.165) is 114 Å². The molecule has 0 saturated carbocycles. The van der Waals surface area contributed by atoms with Gasteiger partial charge >= 0.3 is 39.5 Å². The second-order valence-corrected chi connectivity index (χ2v) is 31.7. The molecule has 5 atom stereocenters. The zero-order chi connectivity index (χ0) is 70.1. The predicted molar refractivity (Wildman–Crippen MR) is 386 cm³/mol. The second-order valence-electron chi connectivity index (χ2n) is 28.8. The Morgan fingerprint density at radius 2 is 0.484 bits per heavy atom. The number of phosphoric acid groups is 2. The van der Waals surface area contributed by atoms with Gasteiger partial charge in [-0.25, -0.2) is 9.13 Å². The number of aliphatic hydroxyl groups is 1. The summed E-state index contributed by atoms with van der Waals surface area (Å²) in [6, 6.07) is 0. The van der Waals surface area contributed by atoms with Crippen molar-refractivity contribution in [1.82, 2.24) is 0 Å². The topological polar surface area (TPSA) is 237 Å². The van der Waals surface area contributed by atoms with E-state index < -0.39 is 97.5 Å². The first-order chi connectivity index (χ1) is 45.7.